The van der Waals surface area contributed by atoms with E-state index in [1.807, 2.05) is 30.3 Å². The van der Waals surface area contributed by atoms with Crippen LogP contribution < -0.4 is 5.32 Å². The van der Waals surface area contributed by atoms with E-state index in [4.69, 9.17) is 23.2 Å². The fraction of sp³-hybridized carbons (Fsp3) is 0.0667. The highest BCUT2D eigenvalue weighted by molar-refractivity contribution is 6.35. The van der Waals surface area contributed by atoms with Gasteiger partial charge in [-0.25, -0.2) is 4.98 Å². The first-order valence-electron chi connectivity index (χ1n) is 5.77. The second-order valence-electron chi connectivity index (χ2n) is 4.00. The summed E-state index contributed by atoms with van der Waals surface area (Å²) >= 11 is 11.7. The molecule has 0 aliphatic rings. The summed E-state index contributed by atoms with van der Waals surface area (Å²) in [5.74, 6) is 4.80. The summed E-state index contributed by atoms with van der Waals surface area (Å²) in [5.41, 5.74) is 1.91. The maximum Gasteiger partial charge on any atom is 0.300 e. The van der Waals surface area contributed by atoms with Crippen LogP contribution in [0.4, 0.5) is 5.69 Å². The van der Waals surface area contributed by atoms with Crippen molar-refractivity contribution in [1.29, 1.82) is 0 Å². The molecule has 1 aromatic heterocycles. The summed E-state index contributed by atoms with van der Waals surface area (Å²) in [4.78, 5) is 15.6. The van der Waals surface area contributed by atoms with E-state index in [1.165, 1.54) is 0 Å². The Hall–Kier alpha value is -2.02. The number of aromatic nitrogens is 1. The van der Waals surface area contributed by atoms with Gasteiger partial charge >= 0.3 is 5.91 Å². The second kappa shape index (κ2) is 6.42. The van der Waals surface area contributed by atoms with Crippen molar-refractivity contribution in [2.45, 2.75) is 6.92 Å². The highest BCUT2D eigenvalue weighted by Crippen LogP contribution is 2.26. The van der Waals surface area contributed by atoms with Crippen molar-refractivity contribution in [2.75, 3.05) is 5.32 Å². The Balaban J connectivity index is 2.16. The number of amides is 1. The Labute approximate surface area is 126 Å². The molecule has 1 N–H and O–H groups in total. The van der Waals surface area contributed by atoms with Gasteiger partial charge in [0.25, 0.3) is 0 Å². The minimum atomic E-state index is -0.456. The average Bonchev–Trinajstić information content (AvgIpc) is 2.42. The first-order valence-corrected chi connectivity index (χ1v) is 6.52. The molecule has 0 aliphatic heterocycles. The zero-order valence-corrected chi connectivity index (χ0v) is 12.1. The summed E-state index contributed by atoms with van der Waals surface area (Å²) in [6.07, 6.45) is 0. The second-order valence-corrected chi connectivity index (χ2v) is 4.74. The third kappa shape index (κ3) is 3.74. The van der Waals surface area contributed by atoms with Gasteiger partial charge in [-0.1, -0.05) is 47.3 Å². The number of hydrogen-bond donors (Lipinski definition) is 1. The molecule has 0 bridgehead atoms. The third-order valence-electron chi connectivity index (χ3n) is 2.47. The lowest BCUT2D eigenvalue weighted by Gasteiger charge is -2.07. The number of nitrogens with one attached hydrogen (secondary N) is 1. The van der Waals surface area contributed by atoms with Crippen LogP contribution in [0.3, 0.4) is 0 Å². The summed E-state index contributed by atoms with van der Waals surface area (Å²) in [6.45, 7) is 1.78. The highest BCUT2D eigenvalue weighted by atomic mass is 35.5. The molecule has 1 amide bonds. The van der Waals surface area contributed by atoms with Crippen molar-refractivity contribution in [3.63, 3.8) is 0 Å². The topological polar surface area (TPSA) is 42.0 Å². The largest absolute Gasteiger partial charge is 0.312 e. The zero-order valence-electron chi connectivity index (χ0n) is 10.6. The van der Waals surface area contributed by atoms with Gasteiger partial charge in [0.2, 0.25) is 0 Å². The third-order valence-corrected chi connectivity index (χ3v) is 2.94. The number of carbonyl (C=O) groups excluding carboxylic acids is 1. The zero-order chi connectivity index (χ0) is 14.5. The molecule has 0 saturated carbocycles. The number of hydrogen-bond acceptors (Lipinski definition) is 2. The number of pyridine rings is 1. The number of carbonyl (C=O) groups is 1. The number of nitrogens with zero attached hydrogens (tertiary/aromatic N) is 1. The summed E-state index contributed by atoms with van der Waals surface area (Å²) in [6, 6.07) is 10.9. The van der Waals surface area contributed by atoms with Crippen molar-refractivity contribution in [1.82, 2.24) is 4.98 Å². The normalized spacial score (nSPS) is 9.55. The minimum Gasteiger partial charge on any atom is -0.312 e. The lowest BCUT2D eigenvalue weighted by Crippen LogP contribution is -2.10. The lowest BCUT2D eigenvalue weighted by atomic mass is 10.2. The molecule has 3 nitrogen and oxygen atoms in total. The van der Waals surface area contributed by atoms with E-state index in [9.17, 15) is 4.79 Å². The smallest absolute Gasteiger partial charge is 0.300 e. The van der Waals surface area contributed by atoms with Crippen LogP contribution in [0.15, 0.2) is 36.4 Å². The SMILES string of the molecule is Cc1cc(Cl)nc(Cl)c1NC(=O)C#Cc1ccccc1. The van der Waals surface area contributed by atoms with Crippen molar-refractivity contribution in [3.05, 3.63) is 57.8 Å². The molecule has 5 heteroatoms. The van der Waals surface area contributed by atoms with Gasteiger partial charge in [0, 0.05) is 11.5 Å². The van der Waals surface area contributed by atoms with E-state index in [0.717, 1.165) is 11.1 Å². The number of rotatable bonds is 1. The molecule has 0 atom stereocenters. The summed E-state index contributed by atoms with van der Waals surface area (Å²) < 4.78 is 0. The Morgan fingerprint density at radius 2 is 1.95 bits per heavy atom. The van der Waals surface area contributed by atoms with E-state index in [2.05, 4.69) is 22.1 Å². The van der Waals surface area contributed by atoms with Crippen molar-refractivity contribution < 1.29 is 4.79 Å². The van der Waals surface area contributed by atoms with E-state index < -0.39 is 5.91 Å². The van der Waals surface area contributed by atoms with E-state index in [0.29, 0.717) is 5.69 Å². The van der Waals surface area contributed by atoms with E-state index >= 15 is 0 Å². The van der Waals surface area contributed by atoms with E-state index in [-0.39, 0.29) is 10.3 Å². The number of benzene rings is 1. The Kier molecular flexibility index (Phi) is 4.62. The van der Waals surface area contributed by atoms with Crippen LogP contribution in [-0.2, 0) is 4.79 Å². The predicted octanol–water partition coefficient (Wildman–Crippen LogP) is 3.69. The molecule has 0 radical (unpaired) electrons. The number of aryl methyl sites for hydroxylation is 1. The predicted molar refractivity (Wildman–Crippen MR) is 80.9 cm³/mol. The average molecular weight is 305 g/mol. The molecule has 0 saturated heterocycles. The van der Waals surface area contributed by atoms with Gasteiger partial charge in [-0.05, 0) is 30.7 Å². The van der Waals surface area contributed by atoms with Gasteiger partial charge in [0.05, 0.1) is 5.69 Å². The Bertz CT molecular complexity index is 680. The molecule has 1 heterocycles. The van der Waals surface area contributed by atoms with Gasteiger partial charge in [0.15, 0.2) is 5.15 Å². The maximum atomic E-state index is 11.8. The van der Waals surface area contributed by atoms with Gasteiger partial charge in [-0.2, -0.15) is 0 Å². The van der Waals surface area contributed by atoms with Crippen LogP contribution in [0.5, 0.6) is 0 Å². The first kappa shape index (κ1) is 14.4. The minimum absolute atomic E-state index is 0.143. The Morgan fingerprint density at radius 1 is 1.25 bits per heavy atom. The molecule has 2 aromatic rings. The van der Waals surface area contributed by atoms with Crippen LogP contribution in [0, 0.1) is 18.8 Å². The molecule has 20 heavy (non-hydrogen) atoms. The molecule has 1 aromatic carbocycles. The fourth-order valence-electron chi connectivity index (χ4n) is 1.54. The van der Waals surface area contributed by atoms with Crippen LogP contribution in [0.2, 0.25) is 10.3 Å². The summed E-state index contributed by atoms with van der Waals surface area (Å²) in [5, 5.41) is 3.03. The molecule has 0 aliphatic carbocycles. The standard InChI is InChI=1S/C15H10Cl2N2O/c1-10-9-12(16)18-15(17)14(10)19-13(20)8-7-11-5-3-2-4-6-11/h2-6,9H,1H3,(H,19,20). The monoisotopic (exact) mass is 304 g/mol. The molecule has 100 valence electrons. The fourth-order valence-corrected chi connectivity index (χ4v) is 2.12. The van der Waals surface area contributed by atoms with E-state index in [1.54, 1.807) is 13.0 Å². The van der Waals surface area contributed by atoms with Crippen LogP contribution in [0.25, 0.3) is 0 Å². The lowest BCUT2D eigenvalue weighted by molar-refractivity contribution is -0.111. The van der Waals surface area contributed by atoms with Gasteiger partial charge in [0.1, 0.15) is 5.15 Å². The maximum absolute atomic E-state index is 11.8. The first-order chi connectivity index (χ1) is 9.56. The quantitative estimate of drug-likeness (QED) is 0.645. The molecular weight excluding hydrogens is 295 g/mol. The van der Waals surface area contributed by atoms with Gasteiger partial charge in [-0.15, -0.1) is 0 Å². The molecule has 2 rings (SSSR count). The van der Waals surface area contributed by atoms with Crippen LogP contribution in [-0.4, -0.2) is 10.9 Å². The molecule has 0 unspecified atom stereocenters. The van der Waals surface area contributed by atoms with Gasteiger partial charge < -0.3 is 5.32 Å². The van der Waals surface area contributed by atoms with Crippen molar-refractivity contribution >= 4 is 34.8 Å². The van der Waals surface area contributed by atoms with Crippen LogP contribution in [0.1, 0.15) is 11.1 Å². The highest BCUT2D eigenvalue weighted by Gasteiger charge is 2.09. The molecule has 0 fully saturated rings. The Morgan fingerprint density at radius 3 is 2.60 bits per heavy atom. The molecular formula is C15H10Cl2N2O. The van der Waals surface area contributed by atoms with Crippen molar-refractivity contribution in [2.24, 2.45) is 0 Å². The van der Waals surface area contributed by atoms with Crippen molar-refractivity contribution in [3.8, 4) is 11.8 Å². The van der Waals surface area contributed by atoms with Crippen LogP contribution >= 0.6 is 23.2 Å². The van der Waals surface area contributed by atoms with Gasteiger partial charge in [-0.3, -0.25) is 4.79 Å². The summed E-state index contributed by atoms with van der Waals surface area (Å²) in [7, 11) is 0. The molecule has 0 spiro atoms. The number of halogens is 2. The number of anilines is 1.